The molecule has 1 unspecified atom stereocenters. The largest absolute Gasteiger partial charge is 0.494 e. The second-order valence-corrected chi connectivity index (χ2v) is 24.2. The summed E-state index contributed by atoms with van der Waals surface area (Å²) in [6.45, 7) is 4.20. The number of alkyl halides is 2. The van der Waals surface area contributed by atoms with Crippen LogP contribution in [0.2, 0.25) is 0 Å². The van der Waals surface area contributed by atoms with Crippen LogP contribution in [0.4, 0.5) is 8.78 Å². The Morgan fingerprint density at radius 1 is 0.728 bits per heavy atom. The first-order chi connectivity index (χ1) is 44.2. The van der Waals surface area contributed by atoms with Gasteiger partial charge in [-0.05, 0) is 120 Å². The number of unbranched alkanes of at least 4 members (excludes halogenated alkanes) is 5. The van der Waals surface area contributed by atoms with Crippen molar-refractivity contribution in [2.24, 2.45) is 11.0 Å². The van der Waals surface area contributed by atoms with Gasteiger partial charge in [-0.25, -0.2) is 8.78 Å². The van der Waals surface area contributed by atoms with Crippen LogP contribution in [0.1, 0.15) is 124 Å². The number of nitrogens with one attached hydrogen (secondary N) is 4. The van der Waals surface area contributed by atoms with Crippen LogP contribution in [-0.4, -0.2) is 239 Å². The minimum Gasteiger partial charge on any atom is -0.494 e. The first kappa shape index (κ1) is 73.1. The Hall–Kier alpha value is -7.93. The van der Waals surface area contributed by atoms with Crippen molar-refractivity contribution in [3.05, 3.63) is 71.4 Å². The van der Waals surface area contributed by atoms with Crippen molar-refractivity contribution in [3.8, 4) is 11.8 Å². The van der Waals surface area contributed by atoms with Gasteiger partial charge < -0.3 is 45.8 Å². The third-order valence-electron chi connectivity index (χ3n) is 16.8. The van der Waals surface area contributed by atoms with E-state index in [0.717, 1.165) is 82.2 Å². The fourth-order valence-corrected chi connectivity index (χ4v) is 11.6. The Morgan fingerprint density at radius 2 is 1.37 bits per heavy atom. The van der Waals surface area contributed by atoms with Gasteiger partial charge in [0.15, 0.2) is 0 Å². The maximum atomic E-state index is 13.9. The average molecular weight is 1290 g/mol. The van der Waals surface area contributed by atoms with E-state index >= 15 is 0 Å². The Labute approximate surface area is 537 Å². The van der Waals surface area contributed by atoms with Gasteiger partial charge in [0, 0.05) is 109 Å². The molecule has 0 bridgehead atoms. The molecule has 504 valence electrons. The molecule has 7 N–H and O–H groups in total. The molecule has 0 radical (unpaired) electrons. The minimum absolute atomic E-state index is 0.0206. The molecule has 0 spiro atoms. The van der Waals surface area contributed by atoms with E-state index in [4.69, 9.17) is 4.74 Å². The molecule has 3 fully saturated rings. The minimum atomic E-state index is -3.17. The van der Waals surface area contributed by atoms with Crippen LogP contribution in [0.3, 0.4) is 0 Å². The standard InChI is InChI=1S/C65H93F2N13O12/c1-48-16-18-49(19-17-48)12-10-14-57(81)70-25-8-5-13-56(73-58(82)43-75-30-32-76(44-61(85)86)34-36-78(46-63(89)90)37-35-77(33-31-75)45-62(87)88)74-72-26-7-3-2-4-15-59(83)79-28-23-50(24-29-79)11-6-9-38-92-52-20-21-55-54(39-52)53(22-27-69-55)64(91)71-42-60(84)80-47-65(66,67)40-51(80)41-68/h16-22,26-27,39,50-51,56,74H,2-15,23-25,28-38,40,42-47H2,1H3,(H,70,81)(H,71,91)(H,73,82)(H,85,86)(H,87,88)(H,89,90)/b72-26+/t51-,56?/m1/s1. The molecule has 4 heterocycles. The van der Waals surface area contributed by atoms with Crippen molar-refractivity contribution >= 4 is 64.6 Å². The normalized spacial score (nSPS) is 17.7. The zero-order valence-electron chi connectivity index (χ0n) is 53.1. The van der Waals surface area contributed by atoms with Crippen LogP contribution in [-0.2, 0) is 40.0 Å². The predicted octanol–water partition coefficient (Wildman–Crippen LogP) is 4.57. The molecular weight excluding hydrogens is 1190 g/mol. The highest BCUT2D eigenvalue weighted by Crippen LogP contribution is 2.32. The number of likely N-dealkylation sites (tertiary alicyclic amines) is 2. The zero-order chi connectivity index (χ0) is 66.3. The smallest absolute Gasteiger partial charge is 0.317 e. The lowest BCUT2D eigenvalue weighted by Gasteiger charge is -2.33. The number of amides is 5. The molecule has 1 aromatic heterocycles. The summed E-state index contributed by atoms with van der Waals surface area (Å²) in [5.41, 5.74) is 6.24. The molecule has 6 rings (SSSR count). The SMILES string of the molecule is Cc1ccc(CCCC(=O)NCCCCC(N/N=C/CCCCCC(=O)N2CCC(CCCCOc3ccc4nccc(C(=O)NCC(=O)N5CC(F)(F)C[C@@H]5C#N)c4c3)CC2)NC(=O)CN2CCN(CC(=O)O)CCN(CC(=O)O)CCN(CC(=O)O)CC2)cc1. The van der Waals surface area contributed by atoms with Gasteiger partial charge in [0.05, 0.1) is 63.0 Å². The fourth-order valence-electron chi connectivity index (χ4n) is 11.6. The van der Waals surface area contributed by atoms with Gasteiger partial charge in [0.1, 0.15) is 18.0 Å². The molecular formula is C65H93F2N13O12. The number of rotatable bonds is 35. The lowest BCUT2D eigenvalue weighted by atomic mass is 9.91. The number of nitrogens with zero attached hydrogens (tertiary/aromatic N) is 9. The number of piperidine rings is 1. The predicted molar refractivity (Wildman–Crippen MR) is 340 cm³/mol. The number of aromatic nitrogens is 1. The van der Waals surface area contributed by atoms with Crippen molar-refractivity contribution in [1.29, 1.82) is 5.26 Å². The first-order valence-electron chi connectivity index (χ1n) is 32.3. The molecule has 3 aromatic rings. The van der Waals surface area contributed by atoms with E-state index in [1.165, 1.54) is 23.4 Å². The Balaban J connectivity index is 0.894. The molecule has 5 amide bonds. The van der Waals surface area contributed by atoms with Crippen LogP contribution in [0.15, 0.2) is 59.8 Å². The van der Waals surface area contributed by atoms with E-state index in [2.05, 4.69) is 55.7 Å². The van der Waals surface area contributed by atoms with Gasteiger partial charge in [0.2, 0.25) is 23.6 Å². The average Bonchev–Trinajstić information content (AvgIpc) is 1.24. The Bertz CT molecular complexity index is 2930. The number of carboxylic acids is 3. The number of hydrogen-bond acceptors (Lipinski definition) is 17. The number of benzene rings is 2. The van der Waals surface area contributed by atoms with Crippen LogP contribution in [0, 0.1) is 24.2 Å². The van der Waals surface area contributed by atoms with Crippen molar-refractivity contribution in [1.82, 2.24) is 55.8 Å². The molecule has 3 aliphatic heterocycles. The van der Waals surface area contributed by atoms with E-state index in [1.54, 1.807) is 45.2 Å². The Morgan fingerprint density at radius 3 is 2.00 bits per heavy atom. The number of hydrogen-bond donors (Lipinski definition) is 7. The number of nitriles is 1. The summed E-state index contributed by atoms with van der Waals surface area (Å²) in [7, 11) is 0. The molecule has 2 aromatic carbocycles. The van der Waals surface area contributed by atoms with Crippen LogP contribution in [0.25, 0.3) is 10.9 Å². The number of hydrazone groups is 1. The van der Waals surface area contributed by atoms with Gasteiger partial charge in [-0.3, -0.25) is 68.4 Å². The summed E-state index contributed by atoms with van der Waals surface area (Å²) >= 11 is 0. The van der Waals surface area contributed by atoms with Gasteiger partial charge >= 0.3 is 17.9 Å². The van der Waals surface area contributed by atoms with Crippen molar-refractivity contribution < 1.29 is 67.2 Å². The third kappa shape index (κ3) is 27.1. The highest BCUT2D eigenvalue weighted by molar-refractivity contribution is 6.07. The summed E-state index contributed by atoms with van der Waals surface area (Å²) in [6.07, 6.45) is 13.7. The number of fused-ring (bicyclic) bond motifs is 1. The highest BCUT2D eigenvalue weighted by atomic mass is 19.3. The maximum absolute atomic E-state index is 13.9. The van der Waals surface area contributed by atoms with Crippen molar-refractivity contribution in [3.63, 3.8) is 0 Å². The number of carboxylic acid groups (broad SMARTS) is 3. The maximum Gasteiger partial charge on any atom is 0.317 e. The van der Waals surface area contributed by atoms with E-state index in [-0.39, 0.29) is 102 Å². The fraction of sp³-hybridized carbons (Fsp3) is 0.615. The summed E-state index contributed by atoms with van der Waals surface area (Å²) < 4.78 is 33.8. The van der Waals surface area contributed by atoms with Gasteiger partial charge in [-0.1, -0.05) is 42.7 Å². The molecule has 3 aliphatic rings. The molecule has 92 heavy (non-hydrogen) atoms. The summed E-state index contributed by atoms with van der Waals surface area (Å²) in [5, 5.41) is 51.6. The van der Waals surface area contributed by atoms with Crippen molar-refractivity contribution in [2.75, 3.05) is 118 Å². The van der Waals surface area contributed by atoms with Gasteiger partial charge in [-0.15, -0.1) is 0 Å². The second-order valence-electron chi connectivity index (χ2n) is 24.2. The van der Waals surface area contributed by atoms with Gasteiger partial charge in [-0.2, -0.15) is 10.4 Å². The van der Waals surface area contributed by atoms with Crippen LogP contribution < -0.4 is 26.1 Å². The lowest BCUT2D eigenvalue weighted by molar-refractivity contribution is -0.140. The summed E-state index contributed by atoms with van der Waals surface area (Å²) in [5.74, 6) is -6.81. The lowest BCUT2D eigenvalue weighted by Crippen LogP contribution is -2.51. The molecule has 27 heteroatoms. The highest BCUT2D eigenvalue weighted by Gasteiger charge is 2.47. The number of halogens is 2. The van der Waals surface area contributed by atoms with Crippen LogP contribution in [0.5, 0.6) is 5.75 Å². The van der Waals surface area contributed by atoms with E-state index in [1.807, 2.05) is 16.7 Å². The van der Waals surface area contributed by atoms with Crippen LogP contribution >= 0.6 is 0 Å². The number of carbonyl (C=O) groups excluding carboxylic acids is 5. The van der Waals surface area contributed by atoms with Gasteiger partial charge in [0.25, 0.3) is 11.8 Å². The Kier molecular flexibility index (Phi) is 30.8. The number of pyridine rings is 1. The summed E-state index contributed by atoms with van der Waals surface area (Å²) in [4.78, 5) is 115. The molecule has 0 aliphatic carbocycles. The third-order valence-corrected chi connectivity index (χ3v) is 16.8. The molecule has 3 saturated heterocycles. The quantitative estimate of drug-likeness (QED) is 0.0183. The topological polar surface area (TPSA) is 323 Å². The summed E-state index contributed by atoms with van der Waals surface area (Å²) in [6, 6.07) is 15.5. The molecule has 0 saturated carbocycles. The molecule has 25 nitrogen and oxygen atoms in total. The second kappa shape index (κ2) is 38.8. The van der Waals surface area contributed by atoms with Crippen molar-refractivity contribution in [2.45, 2.75) is 134 Å². The number of carbonyl (C=O) groups is 8. The number of ether oxygens (including phenoxy) is 1. The monoisotopic (exact) mass is 1290 g/mol. The number of aliphatic carboxylic acids is 3. The van der Waals surface area contributed by atoms with E-state index in [0.29, 0.717) is 74.2 Å². The van der Waals surface area contributed by atoms with E-state index in [9.17, 15) is 67.7 Å². The zero-order valence-corrected chi connectivity index (χ0v) is 53.1. The van der Waals surface area contributed by atoms with E-state index < -0.39 is 67.4 Å². The molecule has 2 atom stereocenters. The first-order valence-corrected chi connectivity index (χ1v) is 32.3. The number of aryl methyl sites for hydroxylation is 2.